The molecule has 7 rings (SSSR count). The van der Waals surface area contributed by atoms with Crippen LogP contribution in [0.5, 0.6) is 5.75 Å². The first-order chi connectivity index (χ1) is 21.4. The second-order valence-corrected chi connectivity index (χ2v) is 10.4. The number of ether oxygens (including phenoxy) is 1. The first-order valence-electron chi connectivity index (χ1n) is 13.8. The van der Waals surface area contributed by atoms with Gasteiger partial charge in [-0.3, -0.25) is 24.5 Å². The number of non-ortho nitro benzene ring substituents is 1. The summed E-state index contributed by atoms with van der Waals surface area (Å²) in [5, 5.41) is 14.6. The van der Waals surface area contributed by atoms with Gasteiger partial charge in [0, 0.05) is 17.5 Å². The average molecular weight is 586 g/mol. The Hall–Kier alpha value is -5.87. The molecule has 5 aromatic carbocycles. The summed E-state index contributed by atoms with van der Waals surface area (Å²) in [5.41, 5.74) is 1.59. The molecule has 0 aliphatic carbocycles. The third-order valence-corrected chi connectivity index (χ3v) is 7.86. The Bertz CT molecular complexity index is 1940. The lowest BCUT2D eigenvalue weighted by Gasteiger charge is -2.29. The molecule has 0 radical (unpaired) electrons. The van der Waals surface area contributed by atoms with Crippen molar-refractivity contribution in [2.45, 2.75) is 12.1 Å². The molecule has 0 unspecified atom stereocenters. The number of rotatable bonds is 6. The zero-order valence-corrected chi connectivity index (χ0v) is 23.0. The number of hydrogen-bond donors (Lipinski definition) is 0. The Labute approximate surface area is 250 Å². The number of nitro benzene ring substituents is 1. The van der Waals surface area contributed by atoms with Gasteiger partial charge in [0.1, 0.15) is 11.7 Å². The highest BCUT2D eigenvalue weighted by Crippen LogP contribution is 2.48. The predicted octanol–water partition coefficient (Wildman–Crippen LogP) is 6.02. The maximum Gasteiger partial charge on any atom is 0.343 e. The van der Waals surface area contributed by atoms with Gasteiger partial charge in [-0.2, -0.15) is 0 Å². The van der Waals surface area contributed by atoms with E-state index in [0.717, 1.165) is 10.8 Å². The second kappa shape index (κ2) is 10.8. The lowest BCUT2D eigenvalue weighted by Crippen LogP contribution is -2.37. The molecule has 2 amide bonds. The minimum absolute atomic E-state index is 0.167. The van der Waals surface area contributed by atoms with Crippen molar-refractivity contribution in [2.24, 2.45) is 5.92 Å². The Morgan fingerprint density at radius 3 is 2.27 bits per heavy atom. The summed E-state index contributed by atoms with van der Waals surface area (Å²) in [4.78, 5) is 59.0. The van der Waals surface area contributed by atoms with E-state index in [1.165, 1.54) is 28.2 Å². The van der Waals surface area contributed by atoms with Crippen LogP contribution < -0.4 is 14.7 Å². The van der Waals surface area contributed by atoms with Crippen LogP contribution in [0.3, 0.4) is 0 Å². The Morgan fingerprint density at radius 1 is 0.795 bits per heavy atom. The number of hydroxylamine groups is 1. The lowest BCUT2D eigenvalue weighted by atomic mass is 9.90. The maximum atomic E-state index is 14.2. The molecule has 0 N–H and O–H groups in total. The van der Waals surface area contributed by atoms with Crippen molar-refractivity contribution in [3.63, 3.8) is 0 Å². The molecule has 2 saturated heterocycles. The number of imide groups is 1. The highest BCUT2D eigenvalue weighted by molar-refractivity contribution is 6.26. The highest BCUT2D eigenvalue weighted by Gasteiger charge is 2.60. The van der Waals surface area contributed by atoms with E-state index in [4.69, 9.17) is 9.57 Å². The van der Waals surface area contributed by atoms with Crippen LogP contribution in [0.25, 0.3) is 10.8 Å². The number of anilines is 2. The van der Waals surface area contributed by atoms with Crippen molar-refractivity contribution in [3.05, 3.63) is 143 Å². The molecule has 216 valence electrons. The quantitative estimate of drug-likeness (QED) is 0.0781. The van der Waals surface area contributed by atoms with E-state index in [9.17, 15) is 24.5 Å². The standard InChI is InChI=1S/C34H23N3O7/c38-32-29-30(22-16-18-26(19-17-22)43-34(40)23-9-2-1-3-10-23)36(24-12-7-13-25(20-24)37(41)42)44-31(29)33(39)35(32)28-15-6-11-21-8-4-5-14-27(21)28/h1-20,29-31H/t29-,30+,31+/m0/s1. The van der Waals surface area contributed by atoms with Crippen LogP contribution in [0, 0.1) is 16.0 Å². The van der Waals surface area contributed by atoms with Crippen molar-refractivity contribution in [1.29, 1.82) is 0 Å². The minimum atomic E-state index is -1.17. The van der Waals surface area contributed by atoms with Crippen LogP contribution in [0.2, 0.25) is 0 Å². The molecule has 2 aliphatic heterocycles. The van der Waals surface area contributed by atoms with Gasteiger partial charge < -0.3 is 4.74 Å². The van der Waals surface area contributed by atoms with Gasteiger partial charge in [0.05, 0.1) is 27.9 Å². The van der Waals surface area contributed by atoms with Gasteiger partial charge in [0.25, 0.3) is 11.6 Å². The molecule has 0 saturated carbocycles. The first-order valence-corrected chi connectivity index (χ1v) is 13.8. The molecule has 44 heavy (non-hydrogen) atoms. The SMILES string of the molecule is O=C(Oc1ccc([C@@H]2[C@@H]3C(=O)N(c4cccc5ccccc45)C(=O)[C@@H]3ON2c2cccc([N+](=O)[O-])c2)cc1)c1ccccc1. The molecule has 3 atom stereocenters. The number of benzene rings is 5. The van der Waals surface area contributed by atoms with E-state index in [0.29, 0.717) is 22.5 Å². The third kappa shape index (κ3) is 4.54. The topological polar surface area (TPSA) is 119 Å². The summed E-state index contributed by atoms with van der Waals surface area (Å²) < 4.78 is 5.52. The fourth-order valence-electron chi connectivity index (χ4n) is 5.83. The molecule has 2 aliphatic rings. The number of hydrogen-bond acceptors (Lipinski definition) is 8. The Morgan fingerprint density at radius 2 is 1.50 bits per heavy atom. The van der Waals surface area contributed by atoms with Crippen molar-refractivity contribution in [1.82, 2.24) is 0 Å². The minimum Gasteiger partial charge on any atom is -0.423 e. The smallest absolute Gasteiger partial charge is 0.343 e. The number of esters is 1. The van der Waals surface area contributed by atoms with Gasteiger partial charge >= 0.3 is 5.97 Å². The molecule has 5 aromatic rings. The molecular weight excluding hydrogens is 562 g/mol. The molecule has 0 aromatic heterocycles. The van der Waals surface area contributed by atoms with Crippen molar-refractivity contribution in [2.75, 3.05) is 9.96 Å². The van der Waals surface area contributed by atoms with Gasteiger partial charge in [-0.25, -0.2) is 14.8 Å². The van der Waals surface area contributed by atoms with Gasteiger partial charge in [-0.1, -0.05) is 72.8 Å². The fraction of sp³-hybridized carbons (Fsp3) is 0.0882. The fourth-order valence-corrected chi connectivity index (χ4v) is 5.83. The van der Waals surface area contributed by atoms with Gasteiger partial charge in [0.2, 0.25) is 5.91 Å². The zero-order chi connectivity index (χ0) is 30.4. The molecule has 0 spiro atoms. The van der Waals surface area contributed by atoms with Crippen LogP contribution in [0.15, 0.2) is 121 Å². The molecule has 0 bridgehead atoms. The van der Waals surface area contributed by atoms with Gasteiger partial charge in [-0.05, 0) is 47.3 Å². The van der Waals surface area contributed by atoms with Crippen molar-refractivity contribution in [3.8, 4) is 5.75 Å². The first kappa shape index (κ1) is 27.0. The second-order valence-electron chi connectivity index (χ2n) is 10.4. The molecule has 2 fully saturated rings. The number of amides is 2. The van der Waals surface area contributed by atoms with Crippen LogP contribution >= 0.6 is 0 Å². The molecule has 10 heteroatoms. The van der Waals surface area contributed by atoms with Gasteiger partial charge in [0.15, 0.2) is 6.10 Å². The normalized spacial score (nSPS) is 19.3. The average Bonchev–Trinajstić information content (AvgIpc) is 3.57. The summed E-state index contributed by atoms with van der Waals surface area (Å²) in [7, 11) is 0. The Balaban J connectivity index is 1.27. The van der Waals surface area contributed by atoms with E-state index >= 15 is 0 Å². The van der Waals surface area contributed by atoms with E-state index in [-0.39, 0.29) is 11.4 Å². The molecule has 10 nitrogen and oxygen atoms in total. The largest absolute Gasteiger partial charge is 0.423 e. The third-order valence-electron chi connectivity index (χ3n) is 7.86. The van der Waals surface area contributed by atoms with Crippen LogP contribution in [-0.2, 0) is 14.4 Å². The van der Waals surface area contributed by atoms with E-state index < -0.39 is 40.8 Å². The summed E-state index contributed by atoms with van der Waals surface area (Å²) >= 11 is 0. The number of nitrogens with zero attached hydrogens (tertiary/aromatic N) is 3. The monoisotopic (exact) mass is 585 g/mol. The number of carbonyl (C=O) groups excluding carboxylic acids is 3. The van der Waals surface area contributed by atoms with Gasteiger partial charge in [-0.15, -0.1) is 0 Å². The van der Waals surface area contributed by atoms with Crippen LogP contribution in [0.1, 0.15) is 22.0 Å². The van der Waals surface area contributed by atoms with Crippen LogP contribution in [0.4, 0.5) is 17.1 Å². The van der Waals surface area contributed by atoms with Crippen molar-refractivity contribution < 1.29 is 28.9 Å². The van der Waals surface area contributed by atoms with E-state index in [1.807, 2.05) is 30.3 Å². The zero-order valence-electron chi connectivity index (χ0n) is 23.0. The van der Waals surface area contributed by atoms with Crippen LogP contribution in [-0.4, -0.2) is 28.8 Å². The number of fused-ring (bicyclic) bond motifs is 2. The summed E-state index contributed by atoms with van der Waals surface area (Å²) in [6.07, 6.45) is -1.17. The number of nitro groups is 1. The van der Waals surface area contributed by atoms with Crippen molar-refractivity contribution >= 4 is 45.6 Å². The number of carbonyl (C=O) groups is 3. The molecule has 2 heterocycles. The highest BCUT2D eigenvalue weighted by atomic mass is 16.7. The maximum absolute atomic E-state index is 14.2. The summed E-state index contributed by atoms with van der Waals surface area (Å²) in [6, 6.07) is 33.0. The van der Waals surface area contributed by atoms with E-state index in [2.05, 4.69) is 0 Å². The predicted molar refractivity (Wildman–Crippen MR) is 161 cm³/mol. The summed E-state index contributed by atoms with van der Waals surface area (Å²) in [5.74, 6) is -2.18. The molecular formula is C34H23N3O7. The Kier molecular flexibility index (Phi) is 6.60. The summed E-state index contributed by atoms with van der Waals surface area (Å²) in [6.45, 7) is 0. The lowest BCUT2D eigenvalue weighted by molar-refractivity contribution is -0.384. The van der Waals surface area contributed by atoms with E-state index in [1.54, 1.807) is 72.8 Å².